The van der Waals surface area contributed by atoms with Crippen molar-refractivity contribution in [2.24, 2.45) is 16.3 Å². The number of rotatable bonds is 2. The first-order valence-corrected chi connectivity index (χ1v) is 7.90. The molecule has 1 aromatic rings. The van der Waals surface area contributed by atoms with Gasteiger partial charge in [0.15, 0.2) is 5.84 Å². The van der Waals surface area contributed by atoms with Crippen molar-refractivity contribution < 1.29 is 5.21 Å². The van der Waals surface area contributed by atoms with E-state index in [0.717, 1.165) is 18.9 Å². The molecule has 0 amide bonds. The maximum atomic E-state index is 8.82. The number of oxime groups is 1. The first-order valence-electron chi connectivity index (χ1n) is 7.53. The van der Waals surface area contributed by atoms with Gasteiger partial charge in [0.1, 0.15) is 5.82 Å². The van der Waals surface area contributed by atoms with Crippen LogP contribution in [0.15, 0.2) is 17.4 Å². The van der Waals surface area contributed by atoms with Gasteiger partial charge in [-0.1, -0.05) is 29.6 Å². The smallest absolute Gasteiger partial charge is 0.171 e. The Morgan fingerprint density at radius 3 is 2.57 bits per heavy atom. The van der Waals surface area contributed by atoms with E-state index in [1.54, 1.807) is 12.3 Å². The van der Waals surface area contributed by atoms with Crippen molar-refractivity contribution in [3.8, 4) is 0 Å². The van der Waals surface area contributed by atoms with Crippen LogP contribution in [0.3, 0.4) is 0 Å². The molecule has 2 aliphatic rings. The number of pyridine rings is 1. The van der Waals surface area contributed by atoms with Gasteiger partial charge in [-0.05, 0) is 37.2 Å². The molecule has 1 saturated carbocycles. The van der Waals surface area contributed by atoms with Crippen LogP contribution in [0.2, 0.25) is 5.02 Å². The molecule has 1 spiro atoms. The predicted octanol–water partition coefficient (Wildman–Crippen LogP) is 2.99. The molecule has 1 aromatic heterocycles. The predicted molar refractivity (Wildman–Crippen MR) is 84.1 cm³/mol. The number of amidine groups is 1. The summed E-state index contributed by atoms with van der Waals surface area (Å²) < 4.78 is 0. The second-order valence-electron chi connectivity index (χ2n) is 6.18. The van der Waals surface area contributed by atoms with Gasteiger partial charge in [-0.15, -0.1) is 0 Å². The van der Waals surface area contributed by atoms with Crippen LogP contribution in [0.25, 0.3) is 0 Å². The van der Waals surface area contributed by atoms with Gasteiger partial charge in [-0.25, -0.2) is 4.98 Å². The minimum Gasteiger partial charge on any atom is -0.409 e. The molecule has 21 heavy (non-hydrogen) atoms. The standard InChI is InChI=1S/C15H21ClN4O/c16-12-11(13(17)19-21)3-8-18-14(12)20-9-6-15(7-10-20)4-1-2-5-15/h3,8,21H,1-2,4-7,9-10H2,(H2,17,19). The SMILES string of the molecule is N/C(=N/O)c1ccnc(N2CCC3(CCCC3)CC2)c1Cl. The Bertz CT molecular complexity index is 545. The lowest BCUT2D eigenvalue weighted by Crippen LogP contribution is -2.39. The molecule has 5 nitrogen and oxygen atoms in total. The number of hydrogen-bond donors (Lipinski definition) is 2. The van der Waals surface area contributed by atoms with E-state index in [-0.39, 0.29) is 5.84 Å². The Labute approximate surface area is 129 Å². The summed E-state index contributed by atoms with van der Waals surface area (Å²) >= 11 is 6.39. The minimum absolute atomic E-state index is 0.0212. The van der Waals surface area contributed by atoms with Crippen molar-refractivity contribution in [3.05, 3.63) is 22.8 Å². The van der Waals surface area contributed by atoms with E-state index in [4.69, 9.17) is 22.5 Å². The van der Waals surface area contributed by atoms with Crippen LogP contribution in [-0.2, 0) is 0 Å². The summed E-state index contributed by atoms with van der Waals surface area (Å²) in [7, 11) is 0. The molecule has 0 atom stereocenters. The van der Waals surface area contributed by atoms with Crippen molar-refractivity contribution in [2.75, 3.05) is 18.0 Å². The molecule has 0 radical (unpaired) electrons. The van der Waals surface area contributed by atoms with E-state index in [1.807, 2.05) is 0 Å². The minimum atomic E-state index is 0.0212. The topological polar surface area (TPSA) is 74.7 Å². The number of hydrogen-bond acceptors (Lipinski definition) is 4. The quantitative estimate of drug-likeness (QED) is 0.381. The highest BCUT2D eigenvalue weighted by Crippen LogP contribution is 2.47. The molecule has 114 valence electrons. The van der Waals surface area contributed by atoms with Crippen LogP contribution in [0.1, 0.15) is 44.1 Å². The van der Waals surface area contributed by atoms with E-state index in [1.165, 1.54) is 38.5 Å². The van der Waals surface area contributed by atoms with Crippen LogP contribution in [0.5, 0.6) is 0 Å². The number of anilines is 1. The number of piperidine rings is 1. The van der Waals surface area contributed by atoms with Gasteiger partial charge in [-0.2, -0.15) is 0 Å². The van der Waals surface area contributed by atoms with Crippen LogP contribution in [0.4, 0.5) is 5.82 Å². The maximum absolute atomic E-state index is 8.82. The lowest BCUT2D eigenvalue weighted by molar-refractivity contribution is 0.226. The fraction of sp³-hybridized carbons (Fsp3) is 0.600. The Morgan fingerprint density at radius 1 is 1.29 bits per heavy atom. The molecule has 1 aliphatic carbocycles. The molecule has 1 aliphatic heterocycles. The van der Waals surface area contributed by atoms with E-state index in [2.05, 4.69) is 15.0 Å². The van der Waals surface area contributed by atoms with Crippen molar-refractivity contribution in [1.29, 1.82) is 0 Å². The first-order chi connectivity index (χ1) is 10.2. The number of halogens is 1. The third-order valence-electron chi connectivity index (χ3n) is 5.04. The zero-order valence-electron chi connectivity index (χ0n) is 12.1. The lowest BCUT2D eigenvalue weighted by atomic mass is 9.77. The maximum Gasteiger partial charge on any atom is 0.171 e. The highest BCUT2D eigenvalue weighted by Gasteiger charge is 2.37. The summed E-state index contributed by atoms with van der Waals surface area (Å²) in [5, 5.41) is 12.3. The molecular weight excluding hydrogens is 288 g/mol. The van der Waals surface area contributed by atoms with Gasteiger partial charge in [-0.3, -0.25) is 0 Å². The highest BCUT2D eigenvalue weighted by molar-refractivity contribution is 6.36. The van der Waals surface area contributed by atoms with Crippen LogP contribution < -0.4 is 10.6 Å². The molecule has 0 bridgehead atoms. The van der Waals surface area contributed by atoms with Gasteiger partial charge in [0.25, 0.3) is 0 Å². The monoisotopic (exact) mass is 308 g/mol. The van der Waals surface area contributed by atoms with E-state index < -0.39 is 0 Å². The fourth-order valence-corrected chi connectivity index (χ4v) is 4.05. The molecule has 2 fully saturated rings. The Balaban J connectivity index is 1.79. The summed E-state index contributed by atoms with van der Waals surface area (Å²) in [6.07, 6.45) is 9.56. The summed E-state index contributed by atoms with van der Waals surface area (Å²) in [4.78, 5) is 6.62. The average molecular weight is 309 g/mol. The summed E-state index contributed by atoms with van der Waals surface area (Å²) in [6.45, 7) is 1.96. The third kappa shape index (κ3) is 2.67. The van der Waals surface area contributed by atoms with Gasteiger partial charge >= 0.3 is 0 Å². The Hall–Kier alpha value is -1.49. The Morgan fingerprint density at radius 2 is 1.95 bits per heavy atom. The third-order valence-corrected chi connectivity index (χ3v) is 5.41. The summed E-state index contributed by atoms with van der Waals surface area (Å²) in [6, 6.07) is 1.67. The molecule has 1 saturated heterocycles. The van der Waals surface area contributed by atoms with Gasteiger partial charge < -0.3 is 15.8 Å². The average Bonchev–Trinajstić information content (AvgIpc) is 2.96. The number of nitrogens with two attached hydrogens (primary N) is 1. The number of aromatic nitrogens is 1. The van der Waals surface area contributed by atoms with Gasteiger partial charge in [0, 0.05) is 24.8 Å². The Kier molecular flexibility index (Phi) is 3.93. The second-order valence-corrected chi connectivity index (χ2v) is 6.55. The first kappa shape index (κ1) is 14.4. The van der Waals surface area contributed by atoms with E-state index in [9.17, 15) is 0 Å². The molecule has 3 rings (SSSR count). The lowest BCUT2D eigenvalue weighted by Gasteiger charge is -2.40. The largest absolute Gasteiger partial charge is 0.409 e. The fourth-order valence-electron chi connectivity index (χ4n) is 3.72. The van der Waals surface area contributed by atoms with Crippen LogP contribution >= 0.6 is 11.6 Å². The molecule has 0 unspecified atom stereocenters. The van der Waals surface area contributed by atoms with Crippen molar-refractivity contribution in [1.82, 2.24) is 4.98 Å². The number of nitrogens with zero attached hydrogens (tertiary/aromatic N) is 3. The molecule has 6 heteroatoms. The van der Waals surface area contributed by atoms with E-state index >= 15 is 0 Å². The summed E-state index contributed by atoms with van der Waals surface area (Å²) in [5.41, 5.74) is 6.75. The van der Waals surface area contributed by atoms with Crippen LogP contribution in [0, 0.1) is 5.41 Å². The second kappa shape index (κ2) is 5.72. The molecule has 2 heterocycles. The molecule has 3 N–H and O–H groups in total. The van der Waals surface area contributed by atoms with Crippen molar-refractivity contribution >= 4 is 23.3 Å². The van der Waals surface area contributed by atoms with Gasteiger partial charge in [0.2, 0.25) is 0 Å². The van der Waals surface area contributed by atoms with Crippen molar-refractivity contribution in [2.45, 2.75) is 38.5 Å². The normalized spacial score (nSPS) is 22.0. The van der Waals surface area contributed by atoms with Crippen LogP contribution in [-0.4, -0.2) is 29.1 Å². The summed E-state index contributed by atoms with van der Waals surface area (Å²) in [5.74, 6) is 0.765. The zero-order valence-corrected chi connectivity index (χ0v) is 12.8. The highest BCUT2D eigenvalue weighted by atomic mass is 35.5. The zero-order chi connectivity index (χ0) is 14.9. The van der Waals surface area contributed by atoms with Crippen molar-refractivity contribution in [3.63, 3.8) is 0 Å². The van der Waals surface area contributed by atoms with E-state index in [0.29, 0.717) is 16.0 Å². The molecule has 0 aromatic carbocycles. The molecular formula is C15H21ClN4O. The van der Waals surface area contributed by atoms with Gasteiger partial charge in [0.05, 0.1) is 5.02 Å².